The second-order valence-electron chi connectivity index (χ2n) is 2.56. The molecule has 0 heterocycles. The third-order valence-electron chi connectivity index (χ3n) is 1.53. The van der Waals surface area contributed by atoms with Gasteiger partial charge in [-0.05, 0) is 6.42 Å². The third-order valence-corrected chi connectivity index (χ3v) is 1.53. The molecular weight excluding hydrogens is 108 g/mol. The maximum absolute atomic E-state index is 5.20. The Kier molecular flexibility index (Phi) is 5.41. The van der Waals surface area contributed by atoms with Crippen LogP contribution in [0.1, 0.15) is 39.5 Å². The van der Waals surface area contributed by atoms with Gasteiger partial charge in [0.05, 0.1) is 0 Å². The lowest BCUT2D eigenvalue weighted by Gasteiger charge is -2.00. The van der Waals surface area contributed by atoms with Gasteiger partial charge < -0.3 is 0 Å². The Morgan fingerprint density at radius 1 is 1.44 bits per heavy atom. The molecule has 0 spiro atoms. The Morgan fingerprint density at radius 3 is 2.56 bits per heavy atom. The first kappa shape index (κ1) is 8.56. The van der Waals surface area contributed by atoms with Crippen molar-refractivity contribution in [2.45, 2.75) is 39.5 Å². The summed E-state index contributed by atoms with van der Waals surface area (Å²) in [4.78, 5) is 0. The minimum atomic E-state index is 0.483. The standard InChI is InChI=1S/C9H16/c1-4-6-7-8-9(3)5-2/h2,9H,4,6-8H2,1,3H3/t9-/m0/s1. The molecule has 0 aromatic carbocycles. The van der Waals surface area contributed by atoms with Crippen LogP contribution in [0.15, 0.2) is 0 Å². The minimum absolute atomic E-state index is 0.483. The van der Waals surface area contributed by atoms with Gasteiger partial charge in [0.1, 0.15) is 0 Å². The van der Waals surface area contributed by atoms with Gasteiger partial charge >= 0.3 is 0 Å². The maximum atomic E-state index is 5.20. The topological polar surface area (TPSA) is 0 Å². The molecule has 0 heteroatoms. The zero-order valence-corrected chi connectivity index (χ0v) is 6.48. The van der Waals surface area contributed by atoms with Gasteiger partial charge in [0.25, 0.3) is 0 Å². The van der Waals surface area contributed by atoms with Crippen LogP contribution in [0.2, 0.25) is 0 Å². The predicted octanol–water partition coefficient (Wildman–Crippen LogP) is 2.84. The summed E-state index contributed by atoms with van der Waals surface area (Å²) >= 11 is 0. The van der Waals surface area contributed by atoms with Crippen LogP contribution in [0.25, 0.3) is 0 Å². The first-order valence-electron chi connectivity index (χ1n) is 3.77. The molecule has 0 aliphatic heterocycles. The van der Waals surface area contributed by atoms with E-state index < -0.39 is 0 Å². The zero-order valence-electron chi connectivity index (χ0n) is 6.48. The van der Waals surface area contributed by atoms with Crippen molar-refractivity contribution >= 4 is 0 Å². The number of unbranched alkanes of at least 4 members (excludes halogenated alkanes) is 2. The summed E-state index contributed by atoms with van der Waals surface area (Å²) in [5.74, 6) is 3.21. The molecule has 0 aromatic heterocycles. The van der Waals surface area contributed by atoms with E-state index in [0.717, 1.165) is 0 Å². The van der Waals surface area contributed by atoms with Gasteiger partial charge in [0.2, 0.25) is 0 Å². The molecule has 0 aliphatic rings. The van der Waals surface area contributed by atoms with E-state index in [2.05, 4.69) is 19.8 Å². The highest BCUT2D eigenvalue weighted by atomic mass is 14.0. The number of terminal acetylenes is 1. The molecule has 0 nitrogen and oxygen atoms in total. The van der Waals surface area contributed by atoms with Gasteiger partial charge in [-0.15, -0.1) is 12.3 Å². The SMILES string of the molecule is C#C[C@H](C)CCCCC. The van der Waals surface area contributed by atoms with E-state index in [9.17, 15) is 0 Å². The largest absolute Gasteiger partial charge is 0.120 e. The fourth-order valence-electron chi connectivity index (χ4n) is 0.784. The molecule has 0 amide bonds. The van der Waals surface area contributed by atoms with Crippen LogP contribution >= 0.6 is 0 Å². The molecule has 0 rings (SSSR count). The van der Waals surface area contributed by atoms with Gasteiger partial charge in [-0.3, -0.25) is 0 Å². The van der Waals surface area contributed by atoms with Crippen molar-refractivity contribution in [3.05, 3.63) is 0 Å². The second-order valence-corrected chi connectivity index (χ2v) is 2.56. The van der Waals surface area contributed by atoms with E-state index in [1.54, 1.807) is 0 Å². The molecule has 0 radical (unpaired) electrons. The molecule has 0 bridgehead atoms. The molecular formula is C9H16. The monoisotopic (exact) mass is 124 g/mol. The Bertz CT molecular complexity index is 86.7. The summed E-state index contributed by atoms with van der Waals surface area (Å²) in [5.41, 5.74) is 0. The number of hydrogen-bond donors (Lipinski definition) is 0. The van der Waals surface area contributed by atoms with Gasteiger partial charge in [-0.25, -0.2) is 0 Å². The molecule has 0 saturated heterocycles. The Balaban J connectivity index is 2.99. The van der Waals surface area contributed by atoms with E-state index in [0.29, 0.717) is 5.92 Å². The fraction of sp³-hybridized carbons (Fsp3) is 0.778. The van der Waals surface area contributed by atoms with Gasteiger partial charge in [-0.1, -0.05) is 33.1 Å². The molecule has 0 unspecified atom stereocenters. The highest BCUT2D eigenvalue weighted by Crippen LogP contribution is 2.06. The van der Waals surface area contributed by atoms with Crippen molar-refractivity contribution < 1.29 is 0 Å². The first-order chi connectivity index (χ1) is 4.31. The average molecular weight is 124 g/mol. The summed E-state index contributed by atoms with van der Waals surface area (Å²) in [6.07, 6.45) is 10.3. The zero-order chi connectivity index (χ0) is 7.11. The molecule has 9 heavy (non-hydrogen) atoms. The predicted molar refractivity (Wildman–Crippen MR) is 42.1 cm³/mol. The molecule has 52 valence electrons. The lowest BCUT2D eigenvalue weighted by Crippen LogP contribution is -1.88. The summed E-state index contributed by atoms with van der Waals surface area (Å²) in [7, 11) is 0. The van der Waals surface area contributed by atoms with Crippen LogP contribution in [0.4, 0.5) is 0 Å². The normalized spacial score (nSPS) is 12.6. The average Bonchev–Trinajstić information content (AvgIpc) is 1.89. The minimum Gasteiger partial charge on any atom is -0.120 e. The number of rotatable bonds is 4. The number of hydrogen-bond acceptors (Lipinski definition) is 0. The molecule has 0 saturated carbocycles. The van der Waals surface area contributed by atoms with Crippen LogP contribution in [0.5, 0.6) is 0 Å². The van der Waals surface area contributed by atoms with Crippen LogP contribution < -0.4 is 0 Å². The van der Waals surface area contributed by atoms with Gasteiger partial charge in [0.15, 0.2) is 0 Å². The summed E-state index contributed by atoms with van der Waals surface area (Å²) in [5, 5.41) is 0. The Hall–Kier alpha value is -0.440. The van der Waals surface area contributed by atoms with Crippen molar-refractivity contribution in [1.82, 2.24) is 0 Å². The van der Waals surface area contributed by atoms with Gasteiger partial charge in [0, 0.05) is 5.92 Å². The van der Waals surface area contributed by atoms with Crippen molar-refractivity contribution in [2.24, 2.45) is 5.92 Å². The van der Waals surface area contributed by atoms with E-state index in [-0.39, 0.29) is 0 Å². The molecule has 0 N–H and O–H groups in total. The summed E-state index contributed by atoms with van der Waals surface area (Å²) in [6, 6.07) is 0. The van der Waals surface area contributed by atoms with Crippen molar-refractivity contribution in [2.75, 3.05) is 0 Å². The summed E-state index contributed by atoms with van der Waals surface area (Å²) in [6.45, 7) is 4.32. The summed E-state index contributed by atoms with van der Waals surface area (Å²) < 4.78 is 0. The highest BCUT2D eigenvalue weighted by Gasteiger charge is 1.93. The molecule has 0 aromatic rings. The fourth-order valence-corrected chi connectivity index (χ4v) is 0.784. The molecule has 0 aliphatic carbocycles. The maximum Gasteiger partial charge on any atom is 0.0171 e. The molecule has 0 fully saturated rings. The van der Waals surface area contributed by atoms with Crippen LogP contribution in [0.3, 0.4) is 0 Å². The van der Waals surface area contributed by atoms with Crippen molar-refractivity contribution in [1.29, 1.82) is 0 Å². The van der Waals surface area contributed by atoms with E-state index in [4.69, 9.17) is 6.42 Å². The van der Waals surface area contributed by atoms with Crippen LogP contribution in [-0.4, -0.2) is 0 Å². The highest BCUT2D eigenvalue weighted by molar-refractivity contribution is 4.89. The third kappa shape index (κ3) is 5.43. The second kappa shape index (κ2) is 5.69. The van der Waals surface area contributed by atoms with Crippen molar-refractivity contribution in [3.63, 3.8) is 0 Å². The molecule has 1 atom stereocenters. The smallest absolute Gasteiger partial charge is 0.0171 e. The van der Waals surface area contributed by atoms with Crippen LogP contribution in [0, 0.1) is 18.3 Å². The first-order valence-corrected chi connectivity index (χ1v) is 3.77. The lowest BCUT2D eigenvalue weighted by molar-refractivity contribution is 0.589. The lowest BCUT2D eigenvalue weighted by atomic mass is 10.0. The van der Waals surface area contributed by atoms with E-state index in [1.807, 2.05) is 0 Å². The quantitative estimate of drug-likeness (QED) is 0.399. The van der Waals surface area contributed by atoms with E-state index in [1.165, 1.54) is 25.7 Å². The Morgan fingerprint density at radius 2 is 2.11 bits per heavy atom. The Labute approximate surface area is 58.7 Å². The van der Waals surface area contributed by atoms with Gasteiger partial charge in [-0.2, -0.15) is 0 Å². The van der Waals surface area contributed by atoms with Crippen LogP contribution in [-0.2, 0) is 0 Å². The van der Waals surface area contributed by atoms with Crippen molar-refractivity contribution in [3.8, 4) is 12.3 Å². The van der Waals surface area contributed by atoms with E-state index >= 15 is 0 Å².